The van der Waals surface area contributed by atoms with E-state index in [1.807, 2.05) is 22.7 Å². The van der Waals surface area contributed by atoms with Crippen LogP contribution in [0, 0.1) is 0 Å². The predicted octanol–water partition coefficient (Wildman–Crippen LogP) is 15.5. The first-order chi connectivity index (χ1) is 26.3. The van der Waals surface area contributed by atoms with Crippen molar-refractivity contribution >= 4 is 102 Å². The van der Waals surface area contributed by atoms with Gasteiger partial charge in [0.05, 0.1) is 10.4 Å². The van der Waals surface area contributed by atoms with Gasteiger partial charge in [-0.2, -0.15) is 0 Å². The van der Waals surface area contributed by atoms with Crippen LogP contribution in [0.5, 0.6) is 0 Å². The van der Waals surface area contributed by atoms with Crippen molar-refractivity contribution < 1.29 is 0 Å². The number of nitrogens with zero attached hydrogens (tertiary/aromatic N) is 1. The first kappa shape index (κ1) is 30.4. The van der Waals surface area contributed by atoms with Crippen LogP contribution in [0.2, 0.25) is 0 Å². The first-order valence-corrected chi connectivity index (χ1v) is 19.6. The molecule has 53 heavy (non-hydrogen) atoms. The van der Waals surface area contributed by atoms with Gasteiger partial charge >= 0.3 is 0 Å². The fourth-order valence-electron chi connectivity index (χ4n) is 8.19. The van der Waals surface area contributed by atoms with Crippen molar-refractivity contribution in [2.45, 2.75) is 0 Å². The molecule has 0 aliphatic heterocycles. The average molecular weight is 710 g/mol. The van der Waals surface area contributed by atoms with E-state index in [9.17, 15) is 0 Å². The molecule has 0 saturated carbocycles. The Hall–Kier alpha value is -6.26. The molecule has 0 unspecified atom stereocenters. The molecule has 0 saturated heterocycles. The molecule has 2 heterocycles. The average Bonchev–Trinajstić information content (AvgIpc) is 3.81. The van der Waals surface area contributed by atoms with Gasteiger partial charge in [-0.05, 0) is 86.3 Å². The van der Waals surface area contributed by atoms with E-state index in [4.69, 9.17) is 0 Å². The van der Waals surface area contributed by atoms with Crippen molar-refractivity contribution in [1.82, 2.24) is 0 Å². The minimum atomic E-state index is 1.13. The third-order valence-corrected chi connectivity index (χ3v) is 13.1. The second kappa shape index (κ2) is 12.2. The molecular weight excluding hydrogens is 679 g/mol. The normalized spacial score (nSPS) is 11.8. The van der Waals surface area contributed by atoms with E-state index in [0.717, 1.165) is 11.4 Å². The van der Waals surface area contributed by atoms with E-state index in [-0.39, 0.29) is 0 Å². The Balaban J connectivity index is 1.14. The zero-order valence-electron chi connectivity index (χ0n) is 28.7. The molecule has 0 aliphatic rings. The maximum Gasteiger partial charge on any atom is 0.0640 e. The highest BCUT2D eigenvalue weighted by atomic mass is 32.1. The highest BCUT2D eigenvalue weighted by Gasteiger charge is 2.20. The third kappa shape index (κ3) is 4.89. The lowest BCUT2D eigenvalue weighted by molar-refractivity contribution is 1.31. The Morgan fingerprint density at radius 3 is 1.81 bits per heavy atom. The largest absolute Gasteiger partial charge is 0.309 e. The van der Waals surface area contributed by atoms with Crippen LogP contribution in [-0.2, 0) is 0 Å². The van der Waals surface area contributed by atoms with Crippen LogP contribution in [0.15, 0.2) is 188 Å². The standard InChI is InChI=1S/C50H31NS2/c1-2-11-32(12-3-1)40-17-8-18-41-42-19-9-20-45(50(42)53-49(40)41)51(37-30-27-35-24-23-33-13-4-5-14-38(33)44(35)31-37)36-28-25-34(26-29-36)39-16-10-22-47-48(39)43-15-6-7-21-46(43)52-47/h1-31H. The summed E-state index contributed by atoms with van der Waals surface area (Å²) in [5.74, 6) is 0. The van der Waals surface area contributed by atoms with Gasteiger partial charge in [0.15, 0.2) is 0 Å². The van der Waals surface area contributed by atoms with Crippen LogP contribution in [0.1, 0.15) is 0 Å². The summed E-state index contributed by atoms with van der Waals surface area (Å²) in [6, 6.07) is 69.1. The summed E-state index contributed by atoms with van der Waals surface area (Å²) < 4.78 is 5.25. The van der Waals surface area contributed by atoms with Crippen LogP contribution in [0.25, 0.3) is 84.1 Å². The number of hydrogen-bond donors (Lipinski definition) is 0. The molecule has 0 N–H and O–H groups in total. The van der Waals surface area contributed by atoms with E-state index in [1.54, 1.807) is 0 Å². The van der Waals surface area contributed by atoms with Crippen LogP contribution in [0.3, 0.4) is 0 Å². The van der Waals surface area contributed by atoms with Crippen molar-refractivity contribution in [3.63, 3.8) is 0 Å². The highest BCUT2D eigenvalue weighted by Crippen LogP contribution is 2.48. The van der Waals surface area contributed by atoms with Crippen molar-refractivity contribution in [2.75, 3.05) is 4.90 Å². The molecule has 0 aliphatic carbocycles. The van der Waals surface area contributed by atoms with Gasteiger partial charge in [0.1, 0.15) is 0 Å². The quantitative estimate of drug-likeness (QED) is 0.161. The summed E-state index contributed by atoms with van der Waals surface area (Å²) in [6.07, 6.45) is 0. The van der Waals surface area contributed by atoms with Gasteiger partial charge in [-0.25, -0.2) is 0 Å². The SMILES string of the molecule is c1ccc(-c2cccc3c2sc2c(N(c4ccc(-c5cccc6sc7ccccc7c56)cc4)c4ccc5ccc6ccccc6c5c4)cccc23)cc1. The summed E-state index contributed by atoms with van der Waals surface area (Å²) in [6.45, 7) is 0. The van der Waals surface area contributed by atoms with Crippen LogP contribution < -0.4 is 4.90 Å². The van der Waals surface area contributed by atoms with Crippen LogP contribution in [0.4, 0.5) is 17.1 Å². The van der Waals surface area contributed by atoms with Gasteiger partial charge in [-0.3, -0.25) is 0 Å². The Bertz CT molecular complexity index is 3170. The second-order valence-electron chi connectivity index (χ2n) is 13.7. The maximum atomic E-state index is 2.46. The summed E-state index contributed by atoms with van der Waals surface area (Å²) in [7, 11) is 0. The number of benzene rings is 9. The molecule has 3 heteroatoms. The lowest BCUT2D eigenvalue weighted by Crippen LogP contribution is -2.10. The zero-order valence-corrected chi connectivity index (χ0v) is 30.3. The number of fused-ring (bicyclic) bond motifs is 9. The Labute approximate surface area is 315 Å². The summed E-state index contributed by atoms with van der Waals surface area (Å²) in [5.41, 5.74) is 8.47. The monoisotopic (exact) mass is 709 g/mol. The van der Waals surface area contributed by atoms with Gasteiger partial charge in [0.2, 0.25) is 0 Å². The Kier molecular flexibility index (Phi) is 6.97. The molecule has 11 aromatic rings. The van der Waals surface area contributed by atoms with Crippen molar-refractivity contribution in [3.05, 3.63) is 188 Å². The molecule has 0 radical (unpaired) electrons. The van der Waals surface area contributed by atoms with E-state index in [0.29, 0.717) is 0 Å². The summed E-state index contributed by atoms with van der Waals surface area (Å²) >= 11 is 3.77. The molecule has 2 aromatic heterocycles. The van der Waals surface area contributed by atoms with Crippen LogP contribution >= 0.6 is 22.7 Å². The molecular formula is C50H31NS2. The number of thiophene rings is 2. The maximum absolute atomic E-state index is 2.46. The van der Waals surface area contributed by atoms with Crippen molar-refractivity contribution in [3.8, 4) is 22.3 Å². The first-order valence-electron chi connectivity index (χ1n) is 18.0. The smallest absolute Gasteiger partial charge is 0.0640 e. The van der Waals surface area contributed by atoms with E-state index in [1.165, 1.54) is 89.8 Å². The van der Waals surface area contributed by atoms with Gasteiger partial charge < -0.3 is 4.90 Å². The third-order valence-electron chi connectivity index (χ3n) is 10.7. The molecule has 0 amide bonds. The minimum absolute atomic E-state index is 1.13. The molecule has 0 fully saturated rings. The van der Waals surface area contributed by atoms with Gasteiger partial charge in [-0.15, -0.1) is 22.7 Å². The van der Waals surface area contributed by atoms with Crippen LogP contribution in [-0.4, -0.2) is 0 Å². The topological polar surface area (TPSA) is 3.24 Å². The molecule has 0 spiro atoms. The number of hydrogen-bond acceptors (Lipinski definition) is 3. The Morgan fingerprint density at radius 1 is 0.340 bits per heavy atom. The van der Waals surface area contributed by atoms with E-state index in [2.05, 4.69) is 193 Å². The Morgan fingerprint density at radius 2 is 0.943 bits per heavy atom. The molecule has 0 bridgehead atoms. The molecule has 11 rings (SSSR count). The predicted molar refractivity (Wildman–Crippen MR) is 233 cm³/mol. The van der Waals surface area contributed by atoms with Gasteiger partial charge in [-0.1, -0.05) is 146 Å². The fraction of sp³-hybridized carbons (Fsp3) is 0. The summed E-state index contributed by atoms with van der Waals surface area (Å²) in [5, 5.41) is 10.3. The molecule has 1 nitrogen and oxygen atoms in total. The van der Waals surface area contributed by atoms with E-state index < -0.39 is 0 Å². The van der Waals surface area contributed by atoms with Crippen molar-refractivity contribution in [2.24, 2.45) is 0 Å². The van der Waals surface area contributed by atoms with Gasteiger partial charge in [0, 0.05) is 47.0 Å². The summed E-state index contributed by atoms with van der Waals surface area (Å²) in [4.78, 5) is 2.46. The molecule has 248 valence electrons. The number of rotatable bonds is 5. The second-order valence-corrected chi connectivity index (χ2v) is 15.8. The van der Waals surface area contributed by atoms with Crippen molar-refractivity contribution in [1.29, 1.82) is 0 Å². The molecule has 9 aromatic carbocycles. The lowest BCUT2D eigenvalue weighted by Gasteiger charge is -2.27. The minimum Gasteiger partial charge on any atom is -0.309 e. The fourth-order valence-corrected chi connectivity index (χ4v) is 10.7. The van der Waals surface area contributed by atoms with E-state index >= 15 is 0 Å². The zero-order chi connectivity index (χ0) is 34.9. The number of anilines is 3. The lowest BCUT2D eigenvalue weighted by atomic mass is 9.98. The molecule has 0 atom stereocenters. The van der Waals surface area contributed by atoms with Gasteiger partial charge in [0.25, 0.3) is 0 Å². The highest BCUT2D eigenvalue weighted by molar-refractivity contribution is 7.27.